The lowest BCUT2D eigenvalue weighted by Gasteiger charge is -2.24. The molecule has 0 unspecified atom stereocenters. The van der Waals surface area contributed by atoms with E-state index in [1.807, 2.05) is 0 Å². The van der Waals surface area contributed by atoms with Gasteiger partial charge in [-0.15, -0.1) is 0 Å². The summed E-state index contributed by atoms with van der Waals surface area (Å²) in [5, 5.41) is 16.3. The Hall–Kier alpha value is -2.48. The summed E-state index contributed by atoms with van der Waals surface area (Å²) >= 11 is 5.96. The first-order valence-electron chi connectivity index (χ1n) is 8.43. The monoisotopic (exact) mass is 399 g/mol. The van der Waals surface area contributed by atoms with Crippen LogP contribution in [0.1, 0.15) is 39.2 Å². The highest BCUT2D eigenvalue weighted by molar-refractivity contribution is 6.31. The summed E-state index contributed by atoms with van der Waals surface area (Å²) in [4.78, 5) is 34.4. The first kappa shape index (κ1) is 22.6. The van der Waals surface area contributed by atoms with Crippen molar-refractivity contribution in [3.63, 3.8) is 0 Å². The molecule has 1 aromatic carbocycles. The number of benzene rings is 1. The van der Waals surface area contributed by atoms with Gasteiger partial charge in [0.1, 0.15) is 12.2 Å². The maximum absolute atomic E-state index is 11.6. The molecule has 0 radical (unpaired) electrons. The topological polar surface area (TPSA) is 117 Å². The minimum atomic E-state index is -1.43. The largest absolute Gasteiger partial charge is 0.548 e. The lowest BCUT2D eigenvalue weighted by molar-refractivity contribution is -0.308. The van der Waals surface area contributed by atoms with Crippen LogP contribution in [0.2, 0.25) is 5.02 Å². The summed E-state index contributed by atoms with van der Waals surface area (Å²) in [6.07, 6.45) is -1.15. The Balaban J connectivity index is 2.31. The highest BCUT2D eigenvalue weighted by atomic mass is 35.5. The Morgan fingerprint density at radius 1 is 1.19 bits per heavy atom. The molecule has 0 spiro atoms. The third-order valence-electron chi connectivity index (χ3n) is 3.23. The van der Waals surface area contributed by atoms with E-state index in [0.717, 1.165) is 0 Å². The molecule has 0 aliphatic carbocycles. The SMILES string of the molecule is CC(C)(C)OC(=O)N[C@@H](CCCNC(=O)OCc1ccccc1Cl)C(=O)[O-]. The predicted octanol–water partition coefficient (Wildman–Crippen LogP) is 1.99. The van der Waals surface area contributed by atoms with Crippen molar-refractivity contribution in [2.24, 2.45) is 0 Å². The molecule has 0 aliphatic rings. The molecule has 2 N–H and O–H groups in total. The zero-order chi connectivity index (χ0) is 20.4. The fourth-order valence-electron chi connectivity index (χ4n) is 2.01. The number of ether oxygens (including phenoxy) is 2. The van der Waals surface area contributed by atoms with Gasteiger partial charge in [0.15, 0.2) is 0 Å². The molecule has 8 nitrogen and oxygen atoms in total. The molecule has 0 aliphatic heterocycles. The van der Waals surface area contributed by atoms with Crippen LogP contribution in [0.25, 0.3) is 0 Å². The van der Waals surface area contributed by atoms with E-state index in [4.69, 9.17) is 21.1 Å². The van der Waals surface area contributed by atoms with Crippen LogP contribution in [0.5, 0.6) is 0 Å². The molecule has 150 valence electrons. The summed E-state index contributed by atoms with van der Waals surface area (Å²) < 4.78 is 10.0. The molecule has 0 fully saturated rings. The van der Waals surface area contributed by atoms with E-state index in [9.17, 15) is 19.5 Å². The highest BCUT2D eigenvalue weighted by Crippen LogP contribution is 2.15. The van der Waals surface area contributed by atoms with E-state index >= 15 is 0 Å². The molecule has 0 saturated carbocycles. The smallest absolute Gasteiger partial charge is 0.408 e. The third-order valence-corrected chi connectivity index (χ3v) is 3.60. The van der Waals surface area contributed by atoms with Crippen LogP contribution in [-0.4, -0.2) is 36.3 Å². The molecule has 1 aromatic rings. The summed E-state index contributed by atoms with van der Waals surface area (Å²) in [6, 6.07) is 5.75. The molecule has 9 heteroatoms. The molecular weight excluding hydrogens is 376 g/mol. The van der Waals surface area contributed by atoms with Crippen molar-refractivity contribution in [1.29, 1.82) is 0 Å². The average Bonchev–Trinajstić information content (AvgIpc) is 2.55. The minimum absolute atomic E-state index is 0.0212. The number of aliphatic carboxylic acids is 1. The molecule has 0 bridgehead atoms. The number of halogens is 1. The Labute approximate surface area is 163 Å². The van der Waals surface area contributed by atoms with Crippen molar-refractivity contribution in [2.45, 2.75) is 51.9 Å². The highest BCUT2D eigenvalue weighted by Gasteiger charge is 2.20. The number of hydrogen-bond donors (Lipinski definition) is 2. The molecule has 0 saturated heterocycles. The fraction of sp³-hybridized carbons (Fsp3) is 0.500. The quantitative estimate of drug-likeness (QED) is 0.645. The number of amides is 2. The number of alkyl carbamates (subject to hydrolysis) is 2. The first-order chi connectivity index (χ1) is 12.6. The minimum Gasteiger partial charge on any atom is -0.548 e. The van der Waals surface area contributed by atoms with Crippen molar-refractivity contribution in [3.8, 4) is 0 Å². The third kappa shape index (κ3) is 9.69. The van der Waals surface area contributed by atoms with Crippen LogP contribution in [0.3, 0.4) is 0 Å². The normalized spacial score (nSPS) is 12.0. The number of carboxylic acid groups (broad SMARTS) is 1. The van der Waals surface area contributed by atoms with E-state index in [-0.39, 0.29) is 26.0 Å². The summed E-state index contributed by atoms with van der Waals surface area (Å²) in [5.41, 5.74) is -0.0686. The number of carbonyl (C=O) groups is 3. The number of carbonyl (C=O) groups excluding carboxylic acids is 3. The van der Waals surface area contributed by atoms with Crippen LogP contribution in [0, 0.1) is 0 Å². The molecule has 0 aromatic heterocycles. The number of carboxylic acids is 1. The fourth-order valence-corrected chi connectivity index (χ4v) is 2.20. The van der Waals surface area contributed by atoms with Crippen molar-refractivity contribution in [2.75, 3.05) is 6.54 Å². The molecule has 2 amide bonds. The standard InChI is InChI=1S/C18H25ClN2O6/c1-18(2,3)27-17(25)21-14(15(22)23)9-6-10-20-16(24)26-11-12-7-4-5-8-13(12)19/h4-5,7-8,14H,6,9-11H2,1-3H3,(H,20,24)(H,21,25)(H,22,23)/p-1/t14-/m0/s1. The number of nitrogens with one attached hydrogen (secondary N) is 2. The van der Waals surface area contributed by atoms with Gasteiger partial charge >= 0.3 is 12.2 Å². The van der Waals surface area contributed by atoms with E-state index in [0.29, 0.717) is 10.6 Å². The van der Waals surface area contributed by atoms with Crippen LogP contribution in [-0.2, 0) is 20.9 Å². The molecule has 0 heterocycles. The zero-order valence-electron chi connectivity index (χ0n) is 15.5. The maximum Gasteiger partial charge on any atom is 0.408 e. The number of hydrogen-bond acceptors (Lipinski definition) is 6. The Morgan fingerprint density at radius 2 is 1.85 bits per heavy atom. The van der Waals surface area contributed by atoms with E-state index in [2.05, 4.69) is 10.6 Å². The predicted molar refractivity (Wildman–Crippen MR) is 97.0 cm³/mol. The molecule has 1 atom stereocenters. The molecular formula is C18H24ClN2O6-. The lowest BCUT2D eigenvalue weighted by atomic mass is 10.1. The van der Waals surface area contributed by atoms with E-state index in [1.165, 1.54) is 0 Å². The second kappa shape index (κ2) is 10.6. The van der Waals surface area contributed by atoms with Crippen molar-refractivity contribution in [1.82, 2.24) is 10.6 Å². The molecule has 1 rings (SSSR count). The van der Waals surface area contributed by atoms with Gasteiger partial charge in [0, 0.05) is 17.1 Å². The Kier molecular flexibility index (Phi) is 8.87. The van der Waals surface area contributed by atoms with E-state index in [1.54, 1.807) is 45.0 Å². The van der Waals surface area contributed by atoms with Crippen LogP contribution in [0.15, 0.2) is 24.3 Å². The van der Waals surface area contributed by atoms with Gasteiger partial charge in [-0.25, -0.2) is 9.59 Å². The van der Waals surface area contributed by atoms with Gasteiger partial charge in [-0.05, 0) is 39.7 Å². The second-order valence-corrected chi connectivity index (χ2v) is 7.16. The van der Waals surface area contributed by atoms with Crippen molar-refractivity contribution in [3.05, 3.63) is 34.9 Å². The summed E-state index contributed by atoms with van der Waals surface area (Å²) in [6.45, 7) is 5.19. The average molecular weight is 400 g/mol. The van der Waals surface area contributed by atoms with Gasteiger partial charge in [0.05, 0.1) is 12.0 Å². The van der Waals surface area contributed by atoms with Crippen LogP contribution in [0.4, 0.5) is 9.59 Å². The molecule has 27 heavy (non-hydrogen) atoms. The summed E-state index contributed by atoms with van der Waals surface area (Å²) in [7, 11) is 0. The zero-order valence-corrected chi connectivity index (χ0v) is 16.3. The number of rotatable bonds is 8. The van der Waals surface area contributed by atoms with Gasteiger partial charge < -0.3 is 30.0 Å². The van der Waals surface area contributed by atoms with Gasteiger partial charge in [-0.3, -0.25) is 0 Å². The first-order valence-corrected chi connectivity index (χ1v) is 8.80. The van der Waals surface area contributed by atoms with Gasteiger partial charge in [0.25, 0.3) is 0 Å². The van der Waals surface area contributed by atoms with Crippen molar-refractivity contribution >= 4 is 29.8 Å². The maximum atomic E-state index is 11.6. The lowest BCUT2D eigenvalue weighted by Crippen LogP contribution is -2.49. The van der Waals surface area contributed by atoms with Gasteiger partial charge in [-0.2, -0.15) is 0 Å². The van der Waals surface area contributed by atoms with Gasteiger partial charge in [-0.1, -0.05) is 29.8 Å². The Morgan fingerprint density at radius 3 is 2.44 bits per heavy atom. The summed E-state index contributed by atoms with van der Waals surface area (Å²) in [5.74, 6) is -1.43. The Bertz CT molecular complexity index is 659. The van der Waals surface area contributed by atoms with Crippen molar-refractivity contribution < 1.29 is 29.0 Å². The van der Waals surface area contributed by atoms with E-state index < -0.39 is 29.8 Å². The van der Waals surface area contributed by atoms with Gasteiger partial charge in [0.2, 0.25) is 0 Å². The second-order valence-electron chi connectivity index (χ2n) is 6.75. The van der Waals surface area contributed by atoms with Crippen LogP contribution < -0.4 is 15.7 Å². The van der Waals surface area contributed by atoms with Crippen LogP contribution >= 0.6 is 11.6 Å².